The minimum absolute atomic E-state index is 0.108. The van der Waals surface area contributed by atoms with Crippen molar-refractivity contribution in [2.24, 2.45) is 0 Å². The highest BCUT2D eigenvalue weighted by molar-refractivity contribution is 7.13. The van der Waals surface area contributed by atoms with Crippen LogP contribution in [-0.4, -0.2) is 42.1 Å². The first-order valence-electron chi connectivity index (χ1n) is 9.38. The van der Waals surface area contributed by atoms with Gasteiger partial charge in [-0.1, -0.05) is 0 Å². The minimum Gasteiger partial charge on any atom is -0.459 e. The summed E-state index contributed by atoms with van der Waals surface area (Å²) >= 11 is 1.64. The molecule has 2 aromatic heterocycles. The highest BCUT2D eigenvalue weighted by Crippen LogP contribution is 2.26. The number of rotatable bonds is 3. The summed E-state index contributed by atoms with van der Waals surface area (Å²) in [6.45, 7) is 7.17. The van der Waals surface area contributed by atoms with Crippen molar-refractivity contribution in [3.05, 3.63) is 46.4 Å². The summed E-state index contributed by atoms with van der Waals surface area (Å²) in [7, 11) is 0. The summed E-state index contributed by atoms with van der Waals surface area (Å²) in [5, 5.41) is 6.75. The van der Waals surface area contributed by atoms with Crippen molar-refractivity contribution < 1.29 is 13.6 Å². The molecule has 0 aliphatic carbocycles. The maximum Gasteiger partial charge on any atom is 0.317 e. The molecule has 148 valence electrons. The molecule has 0 spiro atoms. The SMILES string of the molecule is Cc1csc(N2CCCN(C(=O)NCc3oc4ccc(F)cc4c3C)CC2)n1. The van der Waals surface area contributed by atoms with E-state index in [1.807, 2.05) is 24.1 Å². The third-order valence-electron chi connectivity index (χ3n) is 5.06. The Kier molecular flexibility index (Phi) is 5.21. The topological polar surface area (TPSA) is 61.6 Å². The number of halogens is 1. The van der Waals surface area contributed by atoms with Crippen LogP contribution in [0.5, 0.6) is 0 Å². The molecular weight excluding hydrogens is 379 g/mol. The third kappa shape index (κ3) is 3.82. The number of anilines is 1. The summed E-state index contributed by atoms with van der Waals surface area (Å²) in [5.74, 6) is 0.361. The molecule has 1 aliphatic heterocycles. The van der Waals surface area contributed by atoms with E-state index in [-0.39, 0.29) is 18.4 Å². The van der Waals surface area contributed by atoms with E-state index in [1.165, 1.54) is 12.1 Å². The Labute approximate surface area is 166 Å². The van der Waals surface area contributed by atoms with E-state index in [0.717, 1.165) is 41.3 Å². The highest BCUT2D eigenvalue weighted by atomic mass is 32.1. The van der Waals surface area contributed by atoms with E-state index >= 15 is 0 Å². The maximum atomic E-state index is 13.5. The first-order valence-corrected chi connectivity index (χ1v) is 10.3. The van der Waals surface area contributed by atoms with Gasteiger partial charge in [-0.2, -0.15) is 0 Å². The number of urea groups is 1. The predicted molar refractivity (Wildman–Crippen MR) is 108 cm³/mol. The lowest BCUT2D eigenvalue weighted by Gasteiger charge is -2.22. The molecule has 0 unspecified atom stereocenters. The van der Waals surface area contributed by atoms with E-state index in [0.29, 0.717) is 24.4 Å². The molecule has 28 heavy (non-hydrogen) atoms. The summed E-state index contributed by atoms with van der Waals surface area (Å²) in [4.78, 5) is 21.2. The Morgan fingerprint density at radius 2 is 2.14 bits per heavy atom. The molecule has 0 saturated carbocycles. The Balaban J connectivity index is 1.37. The molecule has 4 rings (SSSR count). The molecule has 3 aromatic rings. The lowest BCUT2D eigenvalue weighted by atomic mass is 10.1. The van der Waals surface area contributed by atoms with Crippen molar-refractivity contribution in [3.8, 4) is 0 Å². The van der Waals surface area contributed by atoms with E-state index in [9.17, 15) is 9.18 Å². The quantitative estimate of drug-likeness (QED) is 0.718. The lowest BCUT2D eigenvalue weighted by molar-refractivity contribution is 0.200. The molecule has 1 aromatic carbocycles. The van der Waals surface area contributed by atoms with Crippen LogP contribution in [0.1, 0.15) is 23.4 Å². The standard InChI is InChI=1S/C20H23FN4O2S/c1-13-12-28-20(23-13)25-7-3-6-24(8-9-25)19(26)22-11-18-14(2)16-10-15(21)4-5-17(16)27-18/h4-5,10,12H,3,6-9,11H2,1-2H3,(H,22,26). The van der Waals surface area contributed by atoms with Crippen molar-refractivity contribution in [2.75, 3.05) is 31.1 Å². The largest absolute Gasteiger partial charge is 0.459 e. The number of carbonyl (C=O) groups is 1. The molecule has 1 fully saturated rings. The van der Waals surface area contributed by atoms with E-state index in [2.05, 4.69) is 15.2 Å². The van der Waals surface area contributed by atoms with Crippen LogP contribution in [0, 0.1) is 19.7 Å². The van der Waals surface area contributed by atoms with Crippen molar-refractivity contribution in [3.63, 3.8) is 0 Å². The van der Waals surface area contributed by atoms with Gasteiger partial charge in [0.2, 0.25) is 0 Å². The molecule has 0 radical (unpaired) electrons. The van der Waals surface area contributed by atoms with Crippen LogP contribution in [0.2, 0.25) is 0 Å². The number of fused-ring (bicyclic) bond motifs is 1. The normalized spacial score (nSPS) is 15.1. The van der Waals surface area contributed by atoms with Gasteiger partial charge in [0.25, 0.3) is 0 Å². The van der Waals surface area contributed by atoms with Gasteiger partial charge in [-0.3, -0.25) is 0 Å². The van der Waals surface area contributed by atoms with Gasteiger partial charge >= 0.3 is 6.03 Å². The number of amides is 2. The number of hydrogen-bond donors (Lipinski definition) is 1. The fourth-order valence-corrected chi connectivity index (χ4v) is 4.34. The summed E-state index contributed by atoms with van der Waals surface area (Å²) < 4.78 is 19.2. The van der Waals surface area contributed by atoms with Crippen LogP contribution in [-0.2, 0) is 6.54 Å². The molecule has 1 saturated heterocycles. The van der Waals surface area contributed by atoms with Crippen molar-refractivity contribution >= 4 is 33.5 Å². The first-order chi connectivity index (χ1) is 13.5. The van der Waals surface area contributed by atoms with Crippen LogP contribution >= 0.6 is 11.3 Å². The van der Waals surface area contributed by atoms with Gasteiger partial charge in [0.15, 0.2) is 5.13 Å². The molecule has 3 heterocycles. The molecule has 1 aliphatic rings. The van der Waals surface area contributed by atoms with Crippen molar-refractivity contribution in [1.82, 2.24) is 15.2 Å². The summed E-state index contributed by atoms with van der Waals surface area (Å²) in [6.07, 6.45) is 0.898. The second kappa shape index (κ2) is 7.79. The van der Waals surface area contributed by atoms with Gasteiger partial charge < -0.3 is 19.5 Å². The number of nitrogens with one attached hydrogen (secondary N) is 1. The van der Waals surface area contributed by atoms with Gasteiger partial charge in [0, 0.05) is 42.5 Å². The van der Waals surface area contributed by atoms with Crippen LogP contribution in [0.4, 0.5) is 14.3 Å². The number of aryl methyl sites for hydroxylation is 2. The number of hydrogen-bond acceptors (Lipinski definition) is 5. The molecule has 1 N–H and O–H groups in total. The minimum atomic E-state index is -0.295. The lowest BCUT2D eigenvalue weighted by Crippen LogP contribution is -2.41. The van der Waals surface area contributed by atoms with Gasteiger partial charge in [-0.15, -0.1) is 11.3 Å². The molecule has 0 bridgehead atoms. The third-order valence-corrected chi connectivity index (χ3v) is 6.08. The average molecular weight is 402 g/mol. The van der Waals surface area contributed by atoms with Gasteiger partial charge in [0.05, 0.1) is 12.2 Å². The van der Waals surface area contributed by atoms with Crippen LogP contribution < -0.4 is 10.2 Å². The molecule has 2 amide bonds. The van der Waals surface area contributed by atoms with E-state index in [4.69, 9.17) is 4.42 Å². The first kappa shape index (κ1) is 18.7. The second-order valence-electron chi connectivity index (χ2n) is 7.05. The molecule has 0 atom stereocenters. The van der Waals surface area contributed by atoms with Gasteiger partial charge in [-0.05, 0) is 38.5 Å². The highest BCUT2D eigenvalue weighted by Gasteiger charge is 2.21. The zero-order valence-electron chi connectivity index (χ0n) is 16.0. The smallest absolute Gasteiger partial charge is 0.317 e. The molecule has 6 nitrogen and oxygen atoms in total. The Morgan fingerprint density at radius 3 is 2.93 bits per heavy atom. The van der Waals surface area contributed by atoms with Crippen LogP contribution in [0.25, 0.3) is 11.0 Å². The van der Waals surface area contributed by atoms with Crippen LogP contribution in [0.15, 0.2) is 28.0 Å². The van der Waals surface area contributed by atoms with Crippen LogP contribution in [0.3, 0.4) is 0 Å². The maximum absolute atomic E-state index is 13.5. The fraction of sp³-hybridized carbons (Fsp3) is 0.400. The fourth-order valence-electron chi connectivity index (χ4n) is 3.48. The zero-order valence-corrected chi connectivity index (χ0v) is 16.8. The Hall–Kier alpha value is -2.61. The van der Waals surface area contributed by atoms with E-state index < -0.39 is 0 Å². The summed E-state index contributed by atoms with van der Waals surface area (Å²) in [5.41, 5.74) is 2.52. The van der Waals surface area contributed by atoms with E-state index in [1.54, 1.807) is 17.4 Å². The Morgan fingerprint density at radius 1 is 1.29 bits per heavy atom. The van der Waals surface area contributed by atoms with Gasteiger partial charge in [-0.25, -0.2) is 14.2 Å². The molecule has 8 heteroatoms. The van der Waals surface area contributed by atoms with Gasteiger partial charge in [0.1, 0.15) is 17.2 Å². The molecular formula is C20H23FN4O2S. The average Bonchev–Trinajstić information content (AvgIpc) is 3.13. The number of carbonyl (C=O) groups excluding carboxylic acids is 1. The zero-order chi connectivity index (χ0) is 19.7. The summed E-state index contributed by atoms with van der Waals surface area (Å²) in [6, 6.07) is 4.35. The van der Waals surface area contributed by atoms with Crippen molar-refractivity contribution in [1.29, 1.82) is 0 Å². The number of furan rings is 1. The second-order valence-corrected chi connectivity index (χ2v) is 7.89. The predicted octanol–water partition coefficient (Wildman–Crippen LogP) is 4.07. The van der Waals surface area contributed by atoms with Crippen molar-refractivity contribution in [2.45, 2.75) is 26.8 Å². The number of aromatic nitrogens is 1. The monoisotopic (exact) mass is 402 g/mol. The number of benzene rings is 1. The number of thiazole rings is 1. The number of nitrogens with zero attached hydrogens (tertiary/aromatic N) is 3. The Bertz CT molecular complexity index is 999.